The van der Waals surface area contributed by atoms with Gasteiger partial charge in [-0.15, -0.1) is 0 Å². The van der Waals surface area contributed by atoms with Crippen LogP contribution in [0.25, 0.3) is 6.08 Å². The SMILES string of the molecule is CC(C)(C)c1ccc([C@@H]2C(C(=O)/C=C/c3ccco3)=C(O)C(=O)N2CCCn2ccnc2)cc1. The molecule has 34 heavy (non-hydrogen) atoms. The van der Waals surface area contributed by atoms with Gasteiger partial charge in [-0.1, -0.05) is 45.0 Å². The average molecular weight is 460 g/mol. The van der Waals surface area contributed by atoms with E-state index in [1.807, 2.05) is 35.0 Å². The molecule has 7 heteroatoms. The van der Waals surface area contributed by atoms with Crippen LogP contribution in [0.1, 0.15) is 50.1 Å². The maximum absolute atomic E-state index is 13.2. The van der Waals surface area contributed by atoms with Gasteiger partial charge in [0.15, 0.2) is 11.5 Å². The third-order valence-electron chi connectivity index (χ3n) is 5.98. The molecule has 0 aliphatic carbocycles. The molecular formula is C27H29N3O4. The van der Waals surface area contributed by atoms with Crippen LogP contribution in [0.3, 0.4) is 0 Å². The Morgan fingerprint density at radius 3 is 2.56 bits per heavy atom. The number of hydrogen-bond donors (Lipinski definition) is 1. The number of furan rings is 1. The summed E-state index contributed by atoms with van der Waals surface area (Å²) in [5.74, 6) is -0.947. The molecule has 0 saturated carbocycles. The van der Waals surface area contributed by atoms with Crippen molar-refractivity contribution in [1.29, 1.82) is 0 Å². The van der Waals surface area contributed by atoms with E-state index in [0.29, 0.717) is 25.3 Å². The van der Waals surface area contributed by atoms with Crippen molar-refractivity contribution >= 4 is 17.8 Å². The second-order valence-corrected chi connectivity index (χ2v) is 9.40. The topological polar surface area (TPSA) is 88.6 Å². The van der Waals surface area contributed by atoms with Crippen molar-refractivity contribution in [2.45, 2.75) is 45.2 Å². The summed E-state index contributed by atoms with van der Waals surface area (Å²) in [6.07, 6.45) is 10.3. The first-order valence-electron chi connectivity index (χ1n) is 11.3. The molecule has 0 spiro atoms. The van der Waals surface area contributed by atoms with Crippen molar-refractivity contribution in [3.8, 4) is 0 Å². The van der Waals surface area contributed by atoms with Crippen molar-refractivity contribution in [3.63, 3.8) is 0 Å². The van der Waals surface area contributed by atoms with Gasteiger partial charge in [-0.05, 0) is 47.2 Å². The van der Waals surface area contributed by atoms with Gasteiger partial charge in [0.25, 0.3) is 5.91 Å². The lowest BCUT2D eigenvalue weighted by atomic mass is 9.85. The zero-order valence-electron chi connectivity index (χ0n) is 19.6. The predicted octanol–water partition coefficient (Wildman–Crippen LogP) is 4.84. The van der Waals surface area contributed by atoms with E-state index in [4.69, 9.17) is 4.42 Å². The van der Waals surface area contributed by atoms with Gasteiger partial charge in [-0.3, -0.25) is 9.59 Å². The van der Waals surface area contributed by atoms with Crippen molar-refractivity contribution in [2.24, 2.45) is 0 Å². The number of rotatable bonds is 8. The van der Waals surface area contributed by atoms with Gasteiger partial charge in [-0.25, -0.2) is 4.98 Å². The van der Waals surface area contributed by atoms with E-state index < -0.39 is 23.5 Å². The average Bonchev–Trinajstić information content (AvgIpc) is 3.56. The molecular weight excluding hydrogens is 430 g/mol. The number of amides is 1. The molecule has 1 amide bonds. The zero-order valence-corrected chi connectivity index (χ0v) is 19.6. The van der Waals surface area contributed by atoms with Gasteiger partial charge in [0, 0.05) is 25.5 Å². The summed E-state index contributed by atoms with van der Waals surface area (Å²) in [5.41, 5.74) is 1.98. The fourth-order valence-corrected chi connectivity index (χ4v) is 4.12. The van der Waals surface area contributed by atoms with Crippen molar-refractivity contribution in [2.75, 3.05) is 6.54 Å². The van der Waals surface area contributed by atoms with Gasteiger partial charge in [0.05, 0.1) is 24.2 Å². The Hall–Kier alpha value is -3.87. The summed E-state index contributed by atoms with van der Waals surface area (Å²) in [6.45, 7) is 7.43. The minimum atomic E-state index is -0.668. The number of aliphatic hydroxyl groups excluding tert-OH is 1. The van der Waals surface area contributed by atoms with Crippen LogP contribution in [0.5, 0.6) is 0 Å². The lowest BCUT2D eigenvalue weighted by Crippen LogP contribution is -2.32. The molecule has 2 aromatic heterocycles. The van der Waals surface area contributed by atoms with Crippen LogP contribution >= 0.6 is 0 Å². The van der Waals surface area contributed by atoms with Gasteiger partial charge >= 0.3 is 0 Å². The third-order valence-corrected chi connectivity index (χ3v) is 5.98. The number of aryl methyl sites for hydroxylation is 1. The van der Waals surface area contributed by atoms with E-state index in [0.717, 1.165) is 11.1 Å². The minimum Gasteiger partial charge on any atom is -0.503 e. The Labute approximate surface area is 199 Å². The third kappa shape index (κ3) is 4.88. The number of allylic oxidation sites excluding steroid dienone is 1. The second-order valence-electron chi connectivity index (χ2n) is 9.40. The highest BCUT2D eigenvalue weighted by Gasteiger charge is 2.42. The molecule has 4 rings (SSSR count). The quantitative estimate of drug-likeness (QED) is 0.487. The molecule has 0 bridgehead atoms. The summed E-state index contributed by atoms with van der Waals surface area (Å²) in [6, 6.07) is 10.7. The van der Waals surface area contributed by atoms with E-state index in [2.05, 4.69) is 25.8 Å². The summed E-state index contributed by atoms with van der Waals surface area (Å²) in [4.78, 5) is 31.9. The molecule has 1 aromatic carbocycles. The van der Waals surface area contributed by atoms with Crippen molar-refractivity contribution in [3.05, 3.63) is 95.7 Å². The fourth-order valence-electron chi connectivity index (χ4n) is 4.12. The molecule has 0 radical (unpaired) electrons. The van der Waals surface area contributed by atoms with E-state index in [9.17, 15) is 14.7 Å². The molecule has 1 aliphatic heterocycles. The highest BCUT2D eigenvalue weighted by atomic mass is 16.3. The summed E-state index contributed by atoms with van der Waals surface area (Å²) < 4.78 is 7.19. The van der Waals surface area contributed by atoms with Crippen LogP contribution in [-0.2, 0) is 21.5 Å². The minimum absolute atomic E-state index is 0.0308. The molecule has 0 saturated heterocycles. The number of carbonyl (C=O) groups excluding carboxylic acids is 2. The molecule has 1 aliphatic rings. The van der Waals surface area contributed by atoms with Crippen LogP contribution in [0, 0.1) is 0 Å². The second kappa shape index (κ2) is 9.55. The Morgan fingerprint density at radius 2 is 1.94 bits per heavy atom. The first-order chi connectivity index (χ1) is 16.3. The Bertz CT molecular complexity index is 1200. The van der Waals surface area contributed by atoms with Crippen LogP contribution in [-0.4, -0.2) is 37.8 Å². The summed E-state index contributed by atoms with van der Waals surface area (Å²) in [7, 11) is 0. The number of imidazole rings is 1. The standard InChI is InChI=1S/C27H29N3O4/c1-27(2,3)20-9-7-19(8-10-20)24-23(22(31)12-11-21-6-4-17-34-21)25(32)26(33)30(24)15-5-14-29-16-13-28-18-29/h4,6-13,16-18,24,32H,5,14-15H2,1-3H3/b12-11+/t24-/m1/s1. The number of benzene rings is 1. The normalized spacial score (nSPS) is 16.7. The first-order valence-corrected chi connectivity index (χ1v) is 11.3. The molecule has 3 aromatic rings. The molecule has 1 N–H and O–H groups in total. The zero-order chi connectivity index (χ0) is 24.3. The molecule has 176 valence electrons. The van der Waals surface area contributed by atoms with E-state index in [1.54, 1.807) is 29.6 Å². The number of aromatic nitrogens is 2. The largest absolute Gasteiger partial charge is 0.503 e. The van der Waals surface area contributed by atoms with Gasteiger partial charge < -0.3 is 19.0 Å². The highest BCUT2D eigenvalue weighted by molar-refractivity contribution is 6.14. The fraction of sp³-hybridized carbons (Fsp3) is 0.296. The summed E-state index contributed by atoms with van der Waals surface area (Å²) >= 11 is 0. The number of carbonyl (C=O) groups is 2. The van der Waals surface area contributed by atoms with E-state index in [-0.39, 0.29) is 11.0 Å². The molecule has 0 fully saturated rings. The maximum atomic E-state index is 13.2. The Morgan fingerprint density at radius 1 is 1.18 bits per heavy atom. The number of ketones is 1. The first kappa shape index (κ1) is 23.3. The van der Waals surface area contributed by atoms with Gasteiger partial charge in [0.2, 0.25) is 0 Å². The Kier molecular flexibility index (Phi) is 6.54. The molecule has 1 atom stereocenters. The van der Waals surface area contributed by atoms with Crippen molar-refractivity contribution in [1.82, 2.24) is 14.5 Å². The summed E-state index contributed by atoms with van der Waals surface area (Å²) in [5, 5.41) is 10.7. The van der Waals surface area contributed by atoms with Crippen LogP contribution in [0.4, 0.5) is 0 Å². The molecule has 3 heterocycles. The number of hydrogen-bond acceptors (Lipinski definition) is 5. The Balaban J connectivity index is 1.64. The van der Waals surface area contributed by atoms with Crippen LogP contribution in [0.15, 0.2) is 83.2 Å². The van der Waals surface area contributed by atoms with Crippen LogP contribution < -0.4 is 0 Å². The molecule has 0 unspecified atom stereocenters. The maximum Gasteiger partial charge on any atom is 0.290 e. The lowest BCUT2D eigenvalue weighted by Gasteiger charge is -2.27. The molecule has 7 nitrogen and oxygen atoms in total. The number of aliphatic hydroxyl groups is 1. The van der Waals surface area contributed by atoms with Gasteiger partial charge in [0.1, 0.15) is 5.76 Å². The van der Waals surface area contributed by atoms with Gasteiger partial charge in [-0.2, -0.15) is 0 Å². The predicted molar refractivity (Wildman–Crippen MR) is 129 cm³/mol. The monoisotopic (exact) mass is 459 g/mol. The van der Waals surface area contributed by atoms with Crippen molar-refractivity contribution < 1.29 is 19.1 Å². The van der Waals surface area contributed by atoms with E-state index in [1.165, 1.54) is 18.4 Å². The van der Waals surface area contributed by atoms with E-state index >= 15 is 0 Å². The smallest absolute Gasteiger partial charge is 0.290 e. The number of nitrogens with zero attached hydrogens (tertiary/aromatic N) is 3. The van der Waals surface area contributed by atoms with Crippen LogP contribution in [0.2, 0.25) is 0 Å². The highest BCUT2D eigenvalue weighted by Crippen LogP contribution is 2.39. The lowest BCUT2D eigenvalue weighted by molar-refractivity contribution is -0.129.